The van der Waals surface area contributed by atoms with Gasteiger partial charge < -0.3 is 10.1 Å². The smallest absolute Gasteiger partial charge is 0.0616 e. The van der Waals surface area contributed by atoms with Crippen LogP contribution in [-0.2, 0) is 11.2 Å². The summed E-state index contributed by atoms with van der Waals surface area (Å²) in [6.45, 7) is 5.19. The van der Waals surface area contributed by atoms with Gasteiger partial charge in [-0.3, -0.25) is 4.98 Å². The fraction of sp³-hybridized carbons (Fsp3) is 0.667. The van der Waals surface area contributed by atoms with E-state index in [1.54, 1.807) is 0 Å². The van der Waals surface area contributed by atoms with E-state index in [0.717, 1.165) is 25.9 Å². The Morgan fingerprint density at radius 2 is 2.33 bits per heavy atom. The van der Waals surface area contributed by atoms with Gasteiger partial charge in [-0.2, -0.15) is 0 Å². The molecule has 1 aliphatic heterocycles. The van der Waals surface area contributed by atoms with Crippen LogP contribution in [0.25, 0.3) is 0 Å². The molecule has 0 amide bonds. The molecule has 2 rings (SSSR count). The molecule has 1 aromatic rings. The van der Waals surface area contributed by atoms with Crippen LogP contribution in [0.15, 0.2) is 18.3 Å². The van der Waals surface area contributed by atoms with Crippen LogP contribution in [0, 0.1) is 12.8 Å². The normalized spacial score (nSPS) is 25.3. The topological polar surface area (TPSA) is 34.1 Å². The molecule has 100 valence electrons. The molecule has 0 bridgehead atoms. The quantitative estimate of drug-likeness (QED) is 0.868. The summed E-state index contributed by atoms with van der Waals surface area (Å²) in [6.07, 6.45) is 5.61. The zero-order valence-corrected chi connectivity index (χ0v) is 11.6. The molecule has 1 aliphatic rings. The predicted octanol–water partition coefficient (Wildman–Crippen LogP) is 2.34. The first-order valence-electron chi connectivity index (χ1n) is 6.95. The average Bonchev–Trinajstić information content (AvgIpc) is 2.86. The van der Waals surface area contributed by atoms with Crippen molar-refractivity contribution in [2.24, 2.45) is 5.92 Å². The third-order valence-corrected chi connectivity index (χ3v) is 3.95. The van der Waals surface area contributed by atoms with Crippen molar-refractivity contribution < 1.29 is 4.74 Å². The molecule has 3 heteroatoms. The molecule has 0 spiro atoms. The minimum atomic E-state index is 0.410. The molecule has 3 nitrogen and oxygen atoms in total. The Morgan fingerprint density at radius 1 is 1.50 bits per heavy atom. The molecule has 0 saturated carbocycles. The van der Waals surface area contributed by atoms with Crippen molar-refractivity contribution in [2.45, 2.75) is 45.3 Å². The molecular formula is C15H24N2O. The molecule has 18 heavy (non-hydrogen) atoms. The van der Waals surface area contributed by atoms with Crippen LogP contribution >= 0.6 is 0 Å². The van der Waals surface area contributed by atoms with Crippen molar-refractivity contribution >= 4 is 0 Å². The predicted molar refractivity (Wildman–Crippen MR) is 73.7 cm³/mol. The molecular weight excluding hydrogens is 224 g/mol. The summed E-state index contributed by atoms with van der Waals surface area (Å²) in [7, 11) is 2.05. The first kappa shape index (κ1) is 13.5. The highest BCUT2D eigenvalue weighted by Crippen LogP contribution is 2.27. The molecule has 0 aromatic carbocycles. The number of aryl methyl sites for hydroxylation is 1. The van der Waals surface area contributed by atoms with Gasteiger partial charge in [-0.15, -0.1) is 0 Å². The lowest BCUT2D eigenvalue weighted by atomic mass is 9.88. The highest BCUT2D eigenvalue weighted by Gasteiger charge is 2.32. The molecule has 3 unspecified atom stereocenters. The van der Waals surface area contributed by atoms with Crippen LogP contribution < -0.4 is 5.32 Å². The van der Waals surface area contributed by atoms with Gasteiger partial charge in [0.2, 0.25) is 0 Å². The van der Waals surface area contributed by atoms with Crippen LogP contribution in [-0.4, -0.2) is 30.8 Å². The minimum Gasteiger partial charge on any atom is -0.378 e. The van der Waals surface area contributed by atoms with Crippen molar-refractivity contribution in [1.82, 2.24) is 10.3 Å². The van der Waals surface area contributed by atoms with E-state index in [4.69, 9.17) is 4.74 Å². The number of rotatable bonds is 5. The van der Waals surface area contributed by atoms with Gasteiger partial charge in [0.05, 0.1) is 6.10 Å². The van der Waals surface area contributed by atoms with Crippen LogP contribution in [0.1, 0.15) is 31.0 Å². The fourth-order valence-electron chi connectivity index (χ4n) is 2.86. The van der Waals surface area contributed by atoms with Crippen LogP contribution in [0.4, 0.5) is 0 Å². The summed E-state index contributed by atoms with van der Waals surface area (Å²) in [4.78, 5) is 4.51. The van der Waals surface area contributed by atoms with Gasteiger partial charge in [0.25, 0.3) is 0 Å². The average molecular weight is 248 g/mol. The number of hydrogen-bond donors (Lipinski definition) is 1. The van der Waals surface area contributed by atoms with Crippen LogP contribution in [0.5, 0.6) is 0 Å². The van der Waals surface area contributed by atoms with Gasteiger partial charge in [-0.05, 0) is 38.4 Å². The monoisotopic (exact) mass is 248 g/mol. The SMILES string of the molecule is CCC1OCCC1C(Cc1ccc(C)cn1)NC. The van der Waals surface area contributed by atoms with E-state index in [9.17, 15) is 0 Å². The Balaban J connectivity index is 2.02. The summed E-state index contributed by atoms with van der Waals surface area (Å²) >= 11 is 0. The standard InChI is InChI=1S/C15H24N2O/c1-4-15-13(7-8-18-15)14(16-3)9-12-6-5-11(2)10-17-12/h5-6,10,13-16H,4,7-9H2,1-3H3. The van der Waals surface area contributed by atoms with E-state index in [2.05, 4.69) is 36.3 Å². The molecule has 0 radical (unpaired) electrons. The Labute approximate surface area is 110 Å². The van der Waals surface area contributed by atoms with Gasteiger partial charge >= 0.3 is 0 Å². The molecule has 1 saturated heterocycles. The summed E-state index contributed by atoms with van der Waals surface area (Å²) < 4.78 is 5.79. The van der Waals surface area contributed by atoms with Crippen LogP contribution in [0.2, 0.25) is 0 Å². The fourth-order valence-corrected chi connectivity index (χ4v) is 2.86. The first-order valence-corrected chi connectivity index (χ1v) is 6.95. The van der Waals surface area contributed by atoms with E-state index in [0.29, 0.717) is 18.1 Å². The van der Waals surface area contributed by atoms with Crippen LogP contribution in [0.3, 0.4) is 0 Å². The third-order valence-electron chi connectivity index (χ3n) is 3.95. The lowest BCUT2D eigenvalue weighted by Gasteiger charge is -2.26. The Morgan fingerprint density at radius 3 is 2.94 bits per heavy atom. The molecule has 2 heterocycles. The molecule has 3 atom stereocenters. The van der Waals surface area contributed by atoms with Gasteiger partial charge in [0, 0.05) is 36.9 Å². The van der Waals surface area contributed by atoms with Crippen molar-refractivity contribution in [3.63, 3.8) is 0 Å². The van der Waals surface area contributed by atoms with E-state index in [1.807, 2.05) is 13.2 Å². The maximum Gasteiger partial charge on any atom is 0.0616 e. The number of hydrogen-bond acceptors (Lipinski definition) is 3. The second-order valence-corrected chi connectivity index (χ2v) is 5.20. The maximum absolute atomic E-state index is 5.79. The number of aromatic nitrogens is 1. The highest BCUT2D eigenvalue weighted by molar-refractivity contribution is 5.13. The maximum atomic E-state index is 5.79. The van der Waals surface area contributed by atoms with Crippen molar-refractivity contribution in [1.29, 1.82) is 0 Å². The lowest BCUT2D eigenvalue weighted by molar-refractivity contribution is 0.0782. The number of ether oxygens (including phenoxy) is 1. The second kappa shape index (κ2) is 6.30. The van der Waals surface area contributed by atoms with Gasteiger partial charge in [-0.25, -0.2) is 0 Å². The van der Waals surface area contributed by atoms with Crippen molar-refractivity contribution in [2.75, 3.05) is 13.7 Å². The highest BCUT2D eigenvalue weighted by atomic mass is 16.5. The molecule has 0 aliphatic carbocycles. The summed E-state index contributed by atoms with van der Waals surface area (Å²) in [5.41, 5.74) is 2.39. The summed E-state index contributed by atoms with van der Waals surface area (Å²) in [5.74, 6) is 0.614. The van der Waals surface area contributed by atoms with E-state index < -0.39 is 0 Å². The second-order valence-electron chi connectivity index (χ2n) is 5.20. The number of nitrogens with zero attached hydrogens (tertiary/aromatic N) is 1. The van der Waals surface area contributed by atoms with Crippen molar-refractivity contribution in [3.05, 3.63) is 29.6 Å². The van der Waals surface area contributed by atoms with Crippen molar-refractivity contribution in [3.8, 4) is 0 Å². The Hall–Kier alpha value is -0.930. The number of likely N-dealkylation sites (N-methyl/N-ethyl adjacent to an activating group) is 1. The Kier molecular flexibility index (Phi) is 4.72. The minimum absolute atomic E-state index is 0.410. The number of pyridine rings is 1. The van der Waals surface area contributed by atoms with Gasteiger partial charge in [0.15, 0.2) is 0 Å². The lowest BCUT2D eigenvalue weighted by Crippen LogP contribution is -2.39. The zero-order chi connectivity index (χ0) is 13.0. The number of nitrogens with one attached hydrogen (secondary N) is 1. The molecule has 1 fully saturated rings. The first-order chi connectivity index (χ1) is 8.74. The Bertz CT molecular complexity index is 363. The molecule has 1 aromatic heterocycles. The largest absolute Gasteiger partial charge is 0.378 e. The van der Waals surface area contributed by atoms with E-state index in [-0.39, 0.29) is 0 Å². The summed E-state index contributed by atoms with van der Waals surface area (Å²) in [6, 6.07) is 4.74. The third kappa shape index (κ3) is 3.09. The van der Waals surface area contributed by atoms with E-state index >= 15 is 0 Å². The van der Waals surface area contributed by atoms with E-state index in [1.165, 1.54) is 11.3 Å². The van der Waals surface area contributed by atoms with Gasteiger partial charge in [0.1, 0.15) is 0 Å². The van der Waals surface area contributed by atoms with Gasteiger partial charge in [-0.1, -0.05) is 13.0 Å². The summed E-state index contributed by atoms with van der Waals surface area (Å²) in [5, 5.41) is 3.45. The molecule has 1 N–H and O–H groups in total. The zero-order valence-electron chi connectivity index (χ0n) is 11.6.